The Morgan fingerprint density at radius 2 is 1.57 bits per heavy atom. The molecule has 2 rings (SSSR count). The first-order valence-corrected chi connectivity index (χ1v) is 7.38. The summed E-state index contributed by atoms with van der Waals surface area (Å²) in [4.78, 5) is 0. The molecule has 0 aliphatic carbocycles. The van der Waals surface area contributed by atoms with Gasteiger partial charge in [-0.15, -0.1) is 11.6 Å². The van der Waals surface area contributed by atoms with Crippen LogP contribution < -0.4 is 14.2 Å². The van der Waals surface area contributed by atoms with Gasteiger partial charge < -0.3 is 14.2 Å². The summed E-state index contributed by atoms with van der Waals surface area (Å²) in [5.41, 5.74) is 0.869. The van der Waals surface area contributed by atoms with Crippen molar-refractivity contribution in [1.29, 1.82) is 0 Å². The highest BCUT2D eigenvalue weighted by atomic mass is 35.5. The van der Waals surface area contributed by atoms with E-state index in [2.05, 4.69) is 0 Å². The summed E-state index contributed by atoms with van der Waals surface area (Å²) in [6, 6.07) is 12.8. The lowest BCUT2D eigenvalue weighted by atomic mass is 10.2. The minimum Gasteiger partial charge on any atom is -0.497 e. The van der Waals surface area contributed by atoms with Crippen molar-refractivity contribution in [3.05, 3.63) is 53.1 Å². The third-order valence-corrected chi connectivity index (χ3v) is 3.36. The largest absolute Gasteiger partial charge is 0.497 e. The molecule has 0 N–H and O–H groups in total. The van der Waals surface area contributed by atoms with Crippen LogP contribution in [0.25, 0.3) is 0 Å². The number of hydrogen-bond acceptors (Lipinski definition) is 3. The maximum atomic E-state index is 5.91. The number of methoxy groups -OCH3 is 1. The normalized spacial score (nSPS) is 10.2. The summed E-state index contributed by atoms with van der Waals surface area (Å²) < 4.78 is 16.3. The lowest BCUT2D eigenvalue weighted by Crippen LogP contribution is -2.09. The van der Waals surface area contributed by atoms with E-state index in [9.17, 15) is 0 Å². The molecule has 0 amide bonds. The average Bonchev–Trinajstić information content (AvgIpc) is 2.53. The van der Waals surface area contributed by atoms with Crippen LogP contribution in [0, 0.1) is 0 Å². The van der Waals surface area contributed by atoms with Crippen molar-refractivity contribution in [3.8, 4) is 17.2 Å². The van der Waals surface area contributed by atoms with Crippen LogP contribution in [0.3, 0.4) is 0 Å². The molecule has 0 aliphatic rings. The van der Waals surface area contributed by atoms with Crippen molar-refractivity contribution in [3.63, 3.8) is 0 Å². The number of hydrogen-bond donors (Lipinski definition) is 0. The van der Waals surface area contributed by atoms with E-state index in [1.807, 2.05) is 30.3 Å². The number of rotatable bonds is 7. The lowest BCUT2D eigenvalue weighted by Gasteiger charge is -2.11. The fraction of sp³-hybridized carbons (Fsp3) is 0.250. The lowest BCUT2D eigenvalue weighted by molar-refractivity contribution is 0.216. The van der Waals surface area contributed by atoms with Gasteiger partial charge in [0.05, 0.1) is 13.0 Å². The number of benzene rings is 2. The van der Waals surface area contributed by atoms with Crippen LogP contribution in [0.15, 0.2) is 42.5 Å². The van der Waals surface area contributed by atoms with Crippen LogP contribution in [-0.2, 0) is 5.88 Å². The monoisotopic (exact) mass is 326 g/mol. The number of alkyl halides is 1. The zero-order valence-corrected chi connectivity index (χ0v) is 13.2. The van der Waals surface area contributed by atoms with Crippen LogP contribution >= 0.6 is 23.2 Å². The Hall–Kier alpha value is -1.58. The molecule has 0 spiro atoms. The Labute approximate surface area is 134 Å². The molecule has 5 heteroatoms. The van der Waals surface area contributed by atoms with Crippen LogP contribution in [0.4, 0.5) is 0 Å². The van der Waals surface area contributed by atoms with Gasteiger partial charge in [-0.25, -0.2) is 0 Å². The zero-order valence-electron chi connectivity index (χ0n) is 11.6. The van der Waals surface area contributed by atoms with Crippen LogP contribution in [0.5, 0.6) is 17.2 Å². The minimum absolute atomic E-state index is 0.356. The van der Waals surface area contributed by atoms with Crippen molar-refractivity contribution in [2.24, 2.45) is 0 Å². The summed E-state index contributed by atoms with van der Waals surface area (Å²) >= 11 is 11.8. The second-order valence-corrected chi connectivity index (χ2v) is 4.96. The van der Waals surface area contributed by atoms with Gasteiger partial charge in [-0.2, -0.15) is 0 Å². The Kier molecular flexibility index (Phi) is 6.03. The Bertz CT molecular complexity index is 570. The van der Waals surface area contributed by atoms with E-state index in [4.69, 9.17) is 37.4 Å². The summed E-state index contributed by atoms with van der Waals surface area (Å²) in [5.74, 6) is 2.65. The quantitative estimate of drug-likeness (QED) is 0.552. The van der Waals surface area contributed by atoms with Crippen molar-refractivity contribution in [1.82, 2.24) is 0 Å². The predicted molar refractivity (Wildman–Crippen MR) is 85.0 cm³/mol. The van der Waals surface area contributed by atoms with E-state index in [0.717, 1.165) is 22.8 Å². The van der Waals surface area contributed by atoms with Crippen molar-refractivity contribution < 1.29 is 14.2 Å². The van der Waals surface area contributed by atoms with E-state index in [1.165, 1.54) is 0 Å². The first-order valence-electron chi connectivity index (χ1n) is 6.47. The molecule has 0 radical (unpaired) electrons. The second kappa shape index (κ2) is 8.01. The maximum Gasteiger partial charge on any atom is 0.123 e. The van der Waals surface area contributed by atoms with Gasteiger partial charge in [-0.05, 0) is 42.5 Å². The molecule has 0 unspecified atom stereocenters. The first-order chi connectivity index (χ1) is 10.2. The van der Waals surface area contributed by atoms with Crippen molar-refractivity contribution in [2.45, 2.75) is 5.88 Å². The molecule has 0 atom stereocenters. The molecule has 0 saturated heterocycles. The van der Waals surface area contributed by atoms with E-state index in [1.54, 1.807) is 19.2 Å². The minimum atomic E-state index is 0.356. The molecule has 0 fully saturated rings. The summed E-state index contributed by atoms with van der Waals surface area (Å²) in [6.07, 6.45) is 0. The standard InChI is InChI=1S/C16H16Cl2O3/c1-19-14-3-5-15(6-4-14)20-8-9-21-16-7-2-13(18)10-12(16)11-17/h2-7,10H,8-9,11H2,1H3. The van der Waals surface area contributed by atoms with Crippen molar-refractivity contribution in [2.75, 3.05) is 20.3 Å². The molecule has 3 nitrogen and oxygen atoms in total. The van der Waals surface area contributed by atoms with E-state index in [-0.39, 0.29) is 0 Å². The summed E-state index contributed by atoms with van der Waals surface area (Å²) in [5, 5.41) is 0.646. The Morgan fingerprint density at radius 1 is 0.905 bits per heavy atom. The molecule has 0 saturated carbocycles. The third-order valence-electron chi connectivity index (χ3n) is 2.84. The molecular formula is C16H16Cl2O3. The number of ether oxygens (including phenoxy) is 3. The average molecular weight is 327 g/mol. The molecular weight excluding hydrogens is 311 g/mol. The van der Waals surface area contributed by atoms with E-state index >= 15 is 0 Å². The fourth-order valence-corrected chi connectivity index (χ4v) is 2.18. The SMILES string of the molecule is COc1ccc(OCCOc2ccc(Cl)cc2CCl)cc1. The molecule has 112 valence electrons. The van der Waals surface area contributed by atoms with Gasteiger partial charge in [0.25, 0.3) is 0 Å². The highest BCUT2D eigenvalue weighted by molar-refractivity contribution is 6.30. The third kappa shape index (κ3) is 4.73. The van der Waals surface area contributed by atoms with Crippen LogP contribution in [0.1, 0.15) is 5.56 Å². The van der Waals surface area contributed by atoms with E-state index < -0.39 is 0 Å². The topological polar surface area (TPSA) is 27.7 Å². The maximum absolute atomic E-state index is 5.91. The number of halogens is 2. The molecule has 0 aliphatic heterocycles. The Balaban J connectivity index is 1.81. The molecule has 2 aromatic rings. The summed E-state index contributed by atoms with van der Waals surface area (Å²) in [7, 11) is 1.63. The van der Waals surface area contributed by atoms with Gasteiger partial charge in [-0.3, -0.25) is 0 Å². The Morgan fingerprint density at radius 3 is 2.24 bits per heavy atom. The molecule has 0 heterocycles. The van der Waals surface area contributed by atoms with Crippen molar-refractivity contribution >= 4 is 23.2 Å². The van der Waals surface area contributed by atoms with Gasteiger partial charge in [-0.1, -0.05) is 11.6 Å². The highest BCUT2D eigenvalue weighted by Gasteiger charge is 2.04. The zero-order chi connectivity index (χ0) is 15.1. The van der Waals surface area contributed by atoms with Gasteiger partial charge >= 0.3 is 0 Å². The van der Waals surface area contributed by atoms with E-state index in [0.29, 0.717) is 24.1 Å². The first kappa shape index (κ1) is 15.8. The van der Waals surface area contributed by atoms with Gasteiger partial charge in [0.1, 0.15) is 30.5 Å². The van der Waals surface area contributed by atoms with Gasteiger partial charge in [0.15, 0.2) is 0 Å². The summed E-state index contributed by atoms with van der Waals surface area (Å²) in [6.45, 7) is 0.869. The molecule has 21 heavy (non-hydrogen) atoms. The van der Waals surface area contributed by atoms with Gasteiger partial charge in [0.2, 0.25) is 0 Å². The smallest absolute Gasteiger partial charge is 0.123 e. The molecule has 2 aromatic carbocycles. The fourth-order valence-electron chi connectivity index (χ4n) is 1.78. The second-order valence-electron chi connectivity index (χ2n) is 4.26. The van der Waals surface area contributed by atoms with Crippen LogP contribution in [-0.4, -0.2) is 20.3 Å². The highest BCUT2D eigenvalue weighted by Crippen LogP contribution is 2.24. The predicted octanol–water partition coefficient (Wildman–Crippen LogP) is 4.55. The molecule has 0 bridgehead atoms. The molecule has 0 aromatic heterocycles. The van der Waals surface area contributed by atoms with Gasteiger partial charge in [0, 0.05) is 10.6 Å². The van der Waals surface area contributed by atoms with Crippen LogP contribution in [0.2, 0.25) is 5.02 Å².